The molecule has 4 heteroatoms. The Hall–Kier alpha value is -0.900. The van der Waals surface area contributed by atoms with Crippen molar-refractivity contribution >= 4 is 0 Å². The van der Waals surface area contributed by atoms with Gasteiger partial charge in [-0.05, 0) is 18.8 Å². The second-order valence-corrected chi connectivity index (χ2v) is 4.21. The summed E-state index contributed by atoms with van der Waals surface area (Å²) < 4.78 is 5.01. The van der Waals surface area contributed by atoms with Crippen LogP contribution >= 0.6 is 0 Å². The minimum atomic E-state index is 0.343. The van der Waals surface area contributed by atoms with E-state index >= 15 is 0 Å². The van der Waals surface area contributed by atoms with Gasteiger partial charge in [0.25, 0.3) is 0 Å². The predicted molar refractivity (Wildman–Crippen MR) is 52.6 cm³/mol. The van der Waals surface area contributed by atoms with Crippen LogP contribution in [0.15, 0.2) is 4.52 Å². The molecule has 78 valence electrons. The lowest BCUT2D eigenvalue weighted by molar-refractivity contribution is 0.324. The average Bonchev–Trinajstić information content (AvgIpc) is 2.67. The summed E-state index contributed by atoms with van der Waals surface area (Å²) in [5.74, 6) is 2.76. The van der Waals surface area contributed by atoms with Crippen molar-refractivity contribution in [2.45, 2.75) is 45.1 Å². The van der Waals surface area contributed by atoms with Crippen LogP contribution in [0.25, 0.3) is 0 Å². The first-order valence-electron chi connectivity index (χ1n) is 5.32. The Labute approximate surface area is 83.9 Å². The van der Waals surface area contributed by atoms with E-state index < -0.39 is 0 Å². The van der Waals surface area contributed by atoms with Crippen LogP contribution in [-0.2, 0) is 6.54 Å². The van der Waals surface area contributed by atoms with Gasteiger partial charge in [-0.2, -0.15) is 4.98 Å². The molecule has 1 fully saturated rings. The fourth-order valence-corrected chi connectivity index (χ4v) is 2.04. The number of hydrogen-bond acceptors (Lipinski definition) is 4. The highest BCUT2D eigenvalue weighted by molar-refractivity contribution is 4.97. The van der Waals surface area contributed by atoms with Crippen LogP contribution in [0, 0.1) is 5.92 Å². The quantitative estimate of drug-likeness (QED) is 0.781. The Morgan fingerprint density at radius 2 is 2.07 bits per heavy atom. The second kappa shape index (κ2) is 4.09. The third kappa shape index (κ3) is 1.95. The molecular formula is C10H17N3O. The molecule has 4 nitrogen and oxygen atoms in total. The van der Waals surface area contributed by atoms with Gasteiger partial charge in [0, 0.05) is 5.92 Å². The molecular weight excluding hydrogens is 178 g/mol. The van der Waals surface area contributed by atoms with Gasteiger partial charge in [0.15, 0.2) is 5.82 Å². The van der Waals surface area contributed by atoms with E-state index in [4.69, 9.17) is 10.3 Å². The number of nitrogens with zero attached hydrogens (tertiary/aromatic N) is 2. The molecule has 0 unspecified atom stereocenters. The molecule has 0 amide bonds. The lowest BCUT2D eigenvalue weighted by Crippen LogP contribution is -2.12. The van der Waals surface area contributed by atoms with E-state index in [1.54, 1.807) is 0 Å². The molecule has 14 heavy (non-hydrogen) atoms. The van der Waals surface area contributed by atoms with Crippen molar-refractivity contribution in [3.8, 4) is 0 Å². The molecule has 1 saturated carbocycles. The maximum absolute atomic E-state index is 5.42. The fourth-order valence-electron chi connectivity index (χ4n) is 2.04. The van der Waals surface area contributed by atoms with Crippen molar-refractivity contribution in [1.82, 2.24) is 10.1 Å². The van der Waals surface area contributed by atoms with Crippen LogP contribution < -0.4 is 5.73 Å². The Morgan fingerprint density at radius 1 is 1.36 bits per heavy atom. The zero-order chi connectivity index (χ0) is 9.97. The molecule has 1 aromatic heterocycles. The molecule has 0 spiro atoms. The Kier molecular flexibility index (Phi) is 2.82. The maximum atomic E-state index is 5.42. The minimum absolute atomic E-state index is 0.343. The van der Waals surface area contributed by atoms with E-state index in [1.807, 2.05) is 0 Å². The molecule has 0 aromatic carbocycles. The standard InChI is InChI=1S/C10H17N3O/c1-7-2-4-8(5-3-7)10-12-9(6-11)14-13-10/h7-8H,2-6,11H2,1H3. The molecule has 0 saturated heterocycles. The number of aromatic nitrogens is 2. The van der Waals surface area contributed by atoms with E-state index in [9.17, 15) is 0 Å². The van der Waals surface area contributed by atoms with Gasteiger partial charge in [-0.3, -0.25) is 0 Å². The second-order valence-electron chi connectivity index (χ2n) is 4.21. The van der Waals surface area contributed by atoms with Crippen LogP contribution in [0.2, 0.25) is 0 Å². The SMILES string of the molecule is CC1CCC(c2noc(CN)n2)CC1. The molecule has 0 aliphatic heterocycles. The lowest BCUT2D eigenvalue weighted by Gasteiger charge is -2.23. The van der Waals surface area contributed by atoms with Crippen LogP contribution in [0.1, 0.15) is 50.2 Å². The smallest absolute Gasteiger partial charge is 0.240 e. The van der Waals surface area contributed by atoms with Crippen molar-refractivity contribution in [2.24, 2.45) is 11.7 Å². The molecule has 1 aliphatic carbocycles. The number of nitrogens with two attached hydrogens (primary N) is 1. The third-order valence-electron chi connectivity index (χ3n) is 3.04. The van der Waals surface area contributed by atoms with Crippen LogP contribution in [0.5, 0.6) is 0 Å². The van der Waals surface area contributed by atoms with Crippen LogP contribution in [0.4, 0.5) is 0 Å². The molecule has 2 rings (SSSR count). The predicted octanol–water partition coefficient (Wildman–Crippen LogP) is 1.82. The van der Waals surface area contributed by atoms with Gasteiger partial charge in [-0.1, -0.05) is 24.9 Å². The van der Waals surface area contributed by atoms with E-state index in [0.29, 0.717) is 18.4 Å². The summed E-state index contributed by atoms with van der Waals surface area (Å²) in [7, 11) is 0. The summed E-state index contributed by atoms with van der Waals surface area (Å²) in [6, 6.07) is 0. The maximum Gasteiger partial charge on any atom is 0.240 e. The molecule has 0 bridgehead atoms. The largest absolute Gasteiger partial charge is 0.338 e. The number of rotatable bonds is 2. The fraction of sp³-hybridized carbons (Fsp3) is 0.800. The van der Waals surface area contributed by atoms with Crippen molar-refractivity contribution in [2.75, 3.05) is 0 Å². The van der Waals surface area contributed by atoms with Gasteiger partial charge < -0.3 is 10.3 Å². The zero-order valence-corrected chi connectivity index (χ0v) is 8.57. The summed E-state index contributed by atoms with van der Waals surface area (Å²) in [4.78, 5) is 4.27. The first-order valence-corrected chi connectivity index (χ1v) is 5.32. The van der Waals surface area contributed by atoms with Crippen molar-refractivity contribution < 1.29 is 4.52 Å². The Bertz CT molecular complexity index is 289. The number of hydrogen-bond donors (Lipinski definition) is 1. The highest BCUT2D eigenvalue weighted by atomic mass is 16.5. The average molecular weight is 195 g/mol. The van der Waals surface area contributed by atoms with Gasteiger partial charge in [0.2, 0.25) is 5.89 Å². The van der Waals surface area contributed by atoms with E-state index in [1.165, 1.54) is 25.7 Å². The van der Waals surface area contributed by atoms with Gasteiger partial charge in [0.05, 0.1) is 6.54 Å². The van der Waals surface area contributed by atoms with Crippen molar-refractivity contribution in [1.29, 1.82) is 0 Å². The molecule has 1 heterocycles. The zero-order valence-electron chi connectivity index (χ0n) is 8.57. The summed E-state index contributed by atoms with van der Waals surface area (Å²) in [5, 5.41) is 3.97. The van der Waals surface area contributed by atoms with E-state index in [0.717, 1.165) is 11.7 Å². The highest BCUT2D eigenvalue weighted by Crippen LogP contribution is 2.33. The minimum Gasteiger partial charge on any atom is -0.338 e. The summed E-state index contributed by atoms with van der Waals surface area (Å²) >= 11 is 0. The van der Waals surface area contributed by atoms with Gasteiger partial charge in [-0.15, -0.1) is 0 Å². The lowest BCUT2D eigenvalue weighted by atomic mass is 9.83. The van der Waals surface area contributed by atoms with Crippen LogP contribution in [0.3, 0.4) is 0 Å². The van der Waals surface area contributed by atoms with Gasteiger partial charge >= 0.3 is 0 Å². The summed E-state index contributed by atoms with van der Waals surface area (Å²) in [5.41, 5.74) is 5.42. The molecule has 1 aliphatic rings. The Morgan fingerprint density at radius 3 is 2.64 bits per heavy atom. The van der Waals surface area contributed by atoms with Gasteiger partial charge in [0.1, 0.15) is 0 Å². The third-order valence-corrected chi connectivity index (χ3v) is 3.04. The molecule has 2 N–H and O–H groups in total. The summed E-state index contributed by atoms with van der Waals surface area (Å²) in [6.07, 6.45) is 4.92. The molecule has 0 radical (unpaired) electrons. The highest BCUT2D eigenvalue weighted by Gasteiger charge is 2.23. The molecule has 1 aromatic rings. The Balaban J connectivity index is 2.01. The first kappa shape index (κ1) is 9.65. The van der Waals surface area contributed by atoms with Gasteiger partial charge in [-0.25, -0.2) is 0 Å². The molecule has 0 atom stereocenters. The normalized spacial score (nSPS) is 27.9. The van der Waals surface area contributed by atoms with Crippen LogP contribution in [-0.4, -0.2) is 10.1 Å². The monoisotopic (exact) mass is 195 g/mol. The van der Waals surface area contributed by atoms with E-state index in [2.05, 4.69) is 17.1 Å². The first-order chi connectivity index (χ1) is 6.79. The summed E-state index contributed by atoms with van der Waals surface area (Å²) in [6.45, 7) is 2.65. The topological polar surface area (TPSA) is 64.9 Å². The van der Waals surface area contributed by atoms with E-state index in [-0.39, 0.29) is 0 Å². The van der Waals surface area contributed by atoms with Crippen molar-refractivity contribution in [3.05, 3.63) is 11.7 Å². The van der Waals surface area contributed by atoms with Crippen molar-refractivity contribution in [3.63, 3.8) is 0 Å².